The minimum atomic E-state index is -0.394. The molecule has 0 aliphatic carbocycles. The Bertz CT molecular complexity index is 901. The first kappa shape index (κ1) is 18.2. The van der Waals surface area contributed by atoms with Gasteiger partial charge < -0.3 is 15.1 Å². The Labute approximate surface area is 162 Å². The van der Waals surface area contributed by atoms with E-state index in [0.717, 1.165) is 10.0 Å². The van der Waals surface area contributed by atoms with Crippen LogP contribution in [0.4, 0.5) is 0 Å². The van der Waals surface area contributed by atoms with Gasteiger partial charge in [0.05, 0.1) is 17.7 Å². The van der Waals surface area contributed by atoms with Crippen molar-refractivity contribution in [2.24, 2.45) is 0 Å². The Kier molecular flexibility index (Phi) is 6.04. The number of thiophene rings is 1. The minimum absolute atomic E-state index is 0.164. The highest BCUT2D eigenvalue weighted by Gasteiger charge is 2.15. The quantitative estimate of drug-likeness (QED) is 0.575. The first-order valence-corrected chi connectivity index (χ1v) is 9.42. The lowest BCUT2D eigenvalue weighted by Gasteiger charge is -2.10. The second-order valence-corrected chi connectivity index (χ2v) is 7.17. The second kappa shape index (κ2) is 8.64. The topological polar surface area (TPSA) is 71.3 Å². The molecule has 7 heteroatoms. The van der Waals surface area contributed by atoms with Crippen LogP contribution in [0.5, 0.6) is 0 Å². The molecule has 5 nitrogen and oxygen atoms in total. The number of hydrogen-bond acceptors (Lipinski definition) is 4. The molecule has 0 saturated carbocycles. The third kappa shape index (κ3) is 4.93. The van der Waals surface area contributed by atoms with Gasteiger partial charge >= 0.3 is 0 Å². The Hall–Kier alpha value is -2.64. The fraction of sp³-hybridized carbons (Fsp3) is 0.0526. The lowest BCUT2D eigenvalue weighted by Crippen LogP contribution is -2.34. The molecule has 0 bridgehead atoms. The minimum Gasteiger partial charge on any atom is -0.467 e. The molecule has 0 aliphatic heterocycles. The van der Waals surface area contributed by atoms with Crippen molar-refractivity contribution in [2.45, 2.75) is 6.54 Å². The molecule has 0 aliphatic rings. The highest BCUT2D eigenvalue weighted by molar-refractivity contribution is 9.10. The number of carbonyl (C=O) groups excluding carboxylic acids is 2. The van der Waals surface area contributed by atoms with E-state index in [1.165, 1.54) is 11.3 Å². The SMILES string of the molecule is O=C(NCc1ccco1)C(=Cc1ccc(Br)cc1)NC(=O)c1cccs1. The number of halogens is 1. The molecule has 2 amide bonds. The van der Waals surface area contributed by atoms with Gasteiger partial charge in [0.15, 0.2) is 0 Å². The van der Waals surface area contributed by atoms with Crippen molar-refractivity contribution in [1.29, 1.82) is 0 Å². The summed E-state index contributed by atoms with van der Waals surface area (Å²) < 4.78 is 6.14. The van der Waals surface area contributed by atoms with Gasteiger partial charge in [0, 0.05) is 4.47 Å². The summed E-state index contributed by atoms with van der Waals surface area (Å²) in [5.74, 6) is -0.0864. The molecule has 0 atom stereocenters. The number of rotatable bonds is 6. The van der Waals surface area contributed by atoms with Crippen LogP contribution >= 0.6 is 27.3 Å². The molecule has 2 N–H and O–H groups in total. The molecular weight excluding hydrogens is 416 g/mol. The number of benzene rings is 1. The fourth-order valence-electron chi connectivity index (χ4n) is 2.15. The van der Waals surface area contributed by atoms with Crippen LogP contribution in [0.3, 0.4) is 0 Å². The summed E-state index contributed by atoms with van der Waals surface area (Å²) in [5, 5.41) is 7.25. The summed E-state index contributed by atoms with van der Waals surface area (Å²) in [6.45, 7) is 0.235. The average molecular weight is 431 g/mol. The highest BCUT2D eigenvalue weighted by atomic mass is 79.9. The van der Waals surface area contributed by atoms with Crippen molar-refractivity contribution in [1.82, 2.24) is 10.6 Å². The van der Waals surface area contributed by atoms with Crippen molar-refractivity contribution >= 4 is 45.2 Å². The van der Waals surface area contributed by atoms with Crippen LogP contribution in [0, 0.1) is 0 Å². The number of nitrogens with one attached hydrogen (secondary N) is 2. The molecule has 26 heavy (non-hydrogen) atoms. The summed E-state index contributed by atoms with van der Waals surface area (Å²) in [6, 6.07) is 14.4. The third-order valence-corrected chi connectivity index (χ3v) is 4.82. The first-order chi connectivity index (χ1) is 12.6. The van der Waals surface area contributed by atoms with Gasteiger partial charge in [-0.2, -0.15) is 0 Å². The normalized spacial score (nSPS) is 11.2. The van der Waals surface area contributed by atoms with Crippen LogP contribution in [-0.2, 0) is 11.3 Å². The zero-order valence-electron chi connectivity index (χ0n) is 13.6. The highest BCUT2D eigenvalue weighted by Crippen LogP contribution is 2.14. The number of hydrogen-bond donors (Lipinski definition) is 2. The second-order valence-electron chi connectivity index (χ2n) is 5.30. The van der Waals surface area contributed by atoms with Gasteiger partial charge in [0.2, 0.25) is 0 Å². The molecule has 132 valence electrons. The summed E-state index contributed by atoms with van der Waals surface area (Å²) in [4.78, 5) is 25.5. The maximum absolute atomic E-state index is 12.6. The maximum atomic E-state index is 12.6. The van der Waals surface area contributed by atoms with Gasteiger partial charge in [0.1, 0.15) is 11.5 Å². The van der Waals surface area contributed by atoms with E-state index >= 15 is 0 Å². The van der Waals surface area contributed by atoms with Gasteiger partial charge in [-0.1, -0.05) is 34.1 Å². The van der Waals surface area contributed by atoms with Crippen LogP contribution in [0.15, 0.2) is 74.8 Å². The van der Waals surface area contributed by atoms with E-state index in [-0.39, 0.29) is 18.1 Å². The molecule has 0 spiro atoms. The Morgan fingerprint density at radius 1 is 1.12 bits per heavy atom. The van der Waals surface area contributed by atoms with Crippen molar-refractivity contribution in [3.63, 3.8) is 0 Å². The van der Waals surface area contributed by atoms with E-state index in [1.807, 2.05) is 29.6 Å². The van der Waals surface area contributed by atoms with Crippen molar-refractivity contribution in [3.8, 4) is 0 Å². The summed E-state index contributed by atoms with van der Waals surface area (Å²) in [5.41, 5.74) is 0.958. The molecule has 2 heterocycles. The van der Waals surface area contributed by atoms with Crippen LogP contribution in [0.1, 0.15) is 21.0 Å². The van der Waals surface area contributed by atoms with E-state index in [1.54, 1.807) is 36.6 Å². The Morgan fingerprint density at radius 3 is 2.58 bits per heavy atom. The van der Waals surface area contributed by atoms with Gasteiger partial charge in [-0.15, -0.1) is 11.3 Å². The number of amides is 2. The Morgan fingerprint density at radius 2 is 1.92 bits per heavy atom. The lowest BCUT2D eigenvalue weighted by molar-refractivity contribution is -0.118. The molecular formula is C19H15BrN2O3S. The van der Waals surface area contributed by atoms with Crippen LogP contribution < -0.4 is 10.6 Å². The smallest absolute Gasteiger partial charge is 0.268 e. The lowest BCUT2D eigenvalue weighted by atomic mass is 10.2. The van der Waals surface area contributed by atoms with Gasteiger partial charge in [-0.25, -0.2) is 0 Å². The molecule has 0 saturated heterocycles. The van der Waals surface area contributed by atoms with Crippen molar-refractivity contribution < 1.29 is 14.0 Å². The zero-order chi connectivity index (χ0) is 18.4. The summed E-state index contributed by atoms with van der Waals surface area (Å²) in [6.07, 6.45) is 3.17. The third-order valence-electron chi connectivity index (χ3n) is 3.42. The largest absolute Gasteiger partial charge is 0.467 e. The molecule has 0 radical (unpaired) electrons. The van der Waals surface area contributed by atoms with Crippen molar-refractivity contribution in [2.75, 3.05) is 0 Å². The molecule has 0 unspecified atom stereocenters. The predicted molar refractivity (Wildman–Crippen MR) is 104 cm³/mol. The maximum Gasteiger partial charge on any atom is 0.268 e. The standard InChI is InChI=1S/C19H15BrN2O3S/c20-14-7-5-13(6-8-14)11-16(22-19(24)17-4-2-10-26-17)18(23)21-12-15-3-1-9-25-15/h1-11H,12H2,(H,21,23)(H,22,24). The molecule has 2 aromatic heterocycles. The fourth-order valence-corrected chi connectivity index (χ4v) is 3.03. The van der Waals surface area contributed by atoms with Crippen LogP contribution in [0.25, 0.3) is 6.08 Å². The zero-order valence-corrected chi connectivity index (χ0v) is 16.0. The average Bonchev–Trinajstić information content (AvgIpc) is 3.34. The number of carbonyl (C=O) groups is 2. The number of furan rings is 1. The Balaban J connectivity index is 1.78. The summed E-state index contributed by atoms with van der Waals surface area (Å²) >= 11 is 4.69. The van der Waals surface area contributed by atoms with Crippen LogP contribution in [-0.4, -0.2) is 11.8 Å². The predicted octanol–water partition coefficient (Wildman–Crippen LogP) is 4.19. The van der Waals surface area contributed by atoms with E-state index in [4.69, 9.17) is 4.42 Å². The van der Waals surface area contributed by atoms with Gasteiger partial charge in [0.25, 0.3) is 11.8 Å². The monoisotopic (exact) mass is 430 g/mol. The van der Waals surface area contributed by atoms with Crippen molar-refractivity contribution in [3.05, 3.63) is 86.5 Å². The van der Waals surface area contributed by atoms with E-state index in [2.05, 4.69) is 26.6 Å². The molecule has 0 fully saturated rings. The van der Waals surface area contributed by atoms with Gasteiger partial charge in [-0.05, 0) is 47.4 Å². The first-order valence-electron chi connectivity index (χ1n) is 7.74. The van der Waals surface area contributed by atoms with E-state index < -0.39 is 5.91 Å². The van der Waals surface area contributed by atoms with Gasteiger partial charge in [-0.3, -0.25) is 9.59 Å². The molecule has 1 aromatic carbocycles. The molecule has 3 aromatic rings. The summed E-state index contributed by atoms with van der Waals surface area (Å²) in [7, 11) is 0. The van der Waals surface area contributed by atoms with Crippen LogP contribution in [0.2, 0.25) is 0 Å². The van der Waals surface area contributed by atoms with E-state index in [0.29, 0.717) is 10.6 Å². The van der Waals surface area contributed by atoms with E-state index in [9.17, 15) is 9.59 Å². The molecule has 3 rings (SSSR count).